The Morgan fingerprint density at radius 3 is 2.58 bits per heavy atom. The van der Waals surface area contributed by atoms with Crippen LogP contribution < -0.4 is 5.73 Å². The summed E-state index contributed by atoms with van der Waals surface area (Å²) in [6.45, 7) is 2.11. The molecule has 2 heteroatoms. The standard InChI is InChI=1S/C10H12BrN/c1-6-2-7(4-8(11)3-6)9-5-10(9)12/h2-4,9-10H,5,12H2,1H3/t9-,10+/m0/s1. The lowest BCUT2D eigenvalue weighted by Crippen LogP contribution is -2.00. The summed E-state index contributed by atoms with van der Waals surface area (Å²) in [4.78, 5) is 0. The third-order valence-electron chi connectivity index (χ3n) is 2.33. The van der Waals surface area contributed by atoms with Crippen molar-refractivity contribution in [2.75, 3.05) is 0 Å². The molecule has 64 valence electrons. The molecule has 0 saturated heterocycles. The average Bonchev–Trinajstić information content (AvgIpc) is 2.64. The molecule has 0 aromatic heterocycles. The lowest BCUT2D eigenvalue weighted by atomic mass is 10.1. The fourth-order valence-corrected chi connectivity index (χ4v) is 2.20. The maximum atomic E-state index is 5.78. The Labute approximate surface area is 81.1 Å². The molecule has 2 N–H and O–H groups in total. The van der Waals surface area contributed by atoms with Gasteiger partial charge in [-0.05, 0) is 36.6 Å². The van der Waals surface area contributed by atoms with Gasteiger partial charge in [-0.25, -0.2) is 0 Å². The fraction of sp³-hybridized carbons (Fsp3) is 0.400. The molecule has 2 rings (SSSR count). The first kappa shape index (κ1) is 8.27. The maximum Gasteiger partial charge on any atom is 0.0180 e. The van der Waals surface area contributed by atoms with Crippen molar-refractivity contribution >= 4 is 15.9 Å². The molecule has 2 atom stereocenters. The molecule has 0 spiro atoms. The Morgan fingerprint density at radius 1 is 1.42 bits per heavy atom. The average molecular weight is 226 g/mol. The first-order valence-electron chi connectivity index (χ1n) is 4.19. The third-order valence-corrected chi connectivity index (χ3v) is 2.79. The first-order chi connectivity index (χ1) is 5.66. The van der Waals surface area contributed by atoms with E-state index in [0.717, 1.165) is 10.9 Å². The number of halogens is 1. The van der Waals surface area contributed by atoms with E-state index in [2.05, 4.69) is 41.1 Å². The van der Waals surface area contributed by atoms with Gasteiger partial charge < -0.3 is 5.73 Å². The smallest absolute Gasteiger partial charge is 0.0180 e. The Balaban J connectivity index is 2.32. The zero-order valence-corrected chi connectivity index (χ0v) is 8.64. The van der Waals surface area contributed by atoms with Crippen molar-refractivity contribution in [2.45, 2.75) is 25.3 Å². The topological polar surface area (TPSA) is 26.0 Å². The molecular weight excluding hydrogens is 214 g/mol. The Morgan fingerprint density at radius 2 is 2.08 bits per heavy atom. The number of hydrogen-bond donors (Lipinski definition) is 1. The predicted octanol–water partition coefficient (Wildman–Crippen LogP) is 2.57. The van der Waals surface area contributed by atoms with Crippen molar-refractivity contribution in [1.29, 1.82) is 0 Å². The van der Waals surface area contributed by atoms with Crippen LogP contribution in [0.25, 0.3) is 0 Å². The summed E-state index contributed by atoms with van der Waals surface area (Å²) in [6.07, 6.45) is 1.15. The molecule has 1 aromatic carbocycles. The molecule has 1 aliphatic carbocycles. The van der Waals surface area contributed by atoms with Gasteiger partial charge in [0.25, 0.3) is 0 Å². The van der Waals surface area contributed by atoms with E-state index in [9.17, 15) is 0 Å². The van der Waals surface area contributed by atoms with E-state index >= 15 is 0 Å². The third kappa shape index (κ3) is 1.54. The fourth-order valence-electron chi connectivity index (χ4n) is 1.58. The van der Waals surface area contributed by atoms with E-state index in [1.54, 1.807) is 0 Å². The second-order valence-corrected chi connectivity index (χ2v) is 4.48. The lowest BCUT2D eigenvalue weighted by molar-refractivity contribution is 0.987. The number of rotatable bonds is 1. The van der Waals surface area contributed by atoms with E-state index in [1.165, 1.54) is 11.1 Å². The van der Waals surface area contributed by atoms with Crippen molar-refractivity contribution in [3.63, 3.8) is 0 Å². The molecular formula is C10H12BrN. The molecule has 0 radical (unpaired) electrons. The van der Waals surface area contributed by atoms with Crippen LogP contribution in [0.3, 0.4) is 0 Å². The van der Waals surface area contributed by atoms with E-state index in [1.807, 2.05) is 0 Å². The van der Waals surface area contributed by atoms with Crippen molar-refractivity contribution in [2.24, 2.45) is 5.73 Å². The number of benzene rings is 1. The molecule has 0 amide bonds. The van der Waals surface area contributed by atoms with Gasteiger partial charge in [-0.3, -0.25) is 0 Å². The monoisotopic (exact) mass is 225 g/mol. The highest BCUT2D eigenvalue weighted by molar-refractivity contribution is 9.10. The van der Waals surface area contributed by atoms with Gasteiger partial charge in [0.15, 0.2) is 0 Å². The molecule has 0 heterocycles. The minimum absolute atomic E-state index is 0.402. The Hall–Kier alpha value is -0.340. The van der Waals surface area contributed by atoms with Crippen LogP contribution in [0.5, 0.6) is 0 Å². The van der Waals surface area contributed by atoms with Crippen LogP contribution in [0.2, 0.25) is 0 Å². The van der Waals surface area contributed by atoms with Gasteiger partial charge in [0.05, 0.1) is 0 Å². The Kier molecular flexibility index (Phi) is 1.97. The summed E-state index contributed by atoms with van der Waals surface area (Å²) >= 11 is 3.49. The highest BCUT2D eigenvalue weighted by Crippen LogP contribution is 2.40. The minimum atomic E-state index is 0.402. The maximum absolute atomic E-state index is 5.78. The van der Waals surface area contributed by atoms with Crippen LogP contribution in [-0.2, 0) is 0 Å². The molecule has 1 nitrogen and oxygen atoms in total. The van der Waals surface area contributed by atoms with Gasteiger partial charge >= 0.3 is 0 Å². The lowest BCUT2D eigenvalue weighted by Gasteiger charge is -2.01. The van der Waals surface area contributed by atoms with Crippen LogP contribution in [0, 0.1) is 6.92 Å². The highest BCUT2D eigenvalue weighted by Gasteiger charge is 2.34. The van der Waals surface area contributed by atoms with Crippen molar-refractivity contribution in [3.05, 3.63) is 33.8 Å². The molecule has 0 bridgehead atoms. The van der Waals surface area contributed by atoms with Gasteiger partial charge in [-0.2, -0.15) is 0 Å². The largest absolute Gasteiger partial charge is 0.327 e. The zero-order chi connectivity index (χ0) is 8.72. The quantitative estimate of drug-likeness (QED) is 0.782. The summed E-state index contributed by atoms with van der Waals surface area (Å²) in [5, 5.41) is 0. The van der Waals surface area contributed by atoms with Crippen LogP contribution in [-0.4, -0.2) is 6.04 Å². The van der Waals surface area contributed by atoms with Gasteiger partial charge in [-0.1, -0.05) is 22.0 Å². The van der Waals surface area contributed by atoms with E-state index in [-0.39, 0.29) is 0 Å². The molecule has 1 aliphatic rings. The van der Waals surface area contributed by atoms with Crippen molar-refractivity contribution < 1.29 is 0 Å². The van der Waals surface area contributed by atoms with Gasteiger partial charge in [0.1, 0.15) is 0 Å². The number of aryl methyl sites for hydroxylation is 1. The predicted molar refractivity (Wildman–Crippen MR) is 54.2 cm³/mol. The first-order valence-corrected chi connectivity index (χ1v) is 4.99. The van der Waals surface area contributed by atoms with E-state index in [0.29, 0.717) is 12.0 Å². The molecule has 1 saturated carbocycles. The van der Waals surface area contributed by atoms with Crippen molar-refractivity contribution in [3.8, 4) is 0 Å². The van der Waals surface area contributed by atoms with Crippen LogP contribution in [0.15, 0.2) is 22.7 Å². The summed E-state index contributed by atoms with van der Waals surface area (Å²) in [7, 11) is 0. The van der Waals surface area contributed by atoms with Crippen LogP contribution >= 0.6 is 15.9 Å². The molecule has 1 aromatic rings. The zero-order valence-electron chi connectivity index (χ0n) is 7.05. The minimum Gasteiger partial charge on any atom is -0.327 e. The van der Waals surface area contributed by atoms with Gasteiger partial charge in [-0.15, -0.1) is 0 Å². The van der Waals surface area contributed by atoms with Gasteiger partial charge in [0, 0.05) is 16.4 Å². The summed E-state index contributed by atoms with van der Waals surface area (Å²) < 4.78 is 1.16. The summed E-state index contributed by atoms with van der Waals surface area (Å²) in [6, 6.07) is 6.92. The van der Waals surface area contributed by atoms with Crippen LogP contribution in [0.4, 0.5) is 0 Å². The van der Waals surface area contributed by atoms with E-state index < -0.39 is 0 Å². The summed E-state index contributed by atoms with van der Waals surface area (Å²) in [5.41, 5.74) is 8.47. The molecule has 0 aliphatic heterocycles. The summed E-state index contributed by atoms with van der Waals surface area (Å²) in [5.74, 6) is 0.612. The molecule has 12 heavy (non-hydrogen) atoms. The van der Waals surface area contributed by atoms with Crippen molar-refractivity contribution in [1.82, 2.24) is 0 Å². The van der Waals surface area contributed by atoms with Crippen LogP contribution in [0.1, 0.15) is 23.5 Å². The number of nitrogens with two attached hydrogens (primary N) is 1. The second-order valence-electron chi connectivity index (χ2n) is 3.57. The molecule has 0 unspecified atom stereocenters. The Bertz CT molecular complexity index is 288. The number of hydrogen-bond acceptors (Lipinski definition) is 1. The SMILES string of the molecule is Cc1cc(Br)cc([C@@H]2C[C@H]2N)c1. The molecule has 1 fully saturated rings. The van der Waals surface area contributed by atoms with E-state index in [4.69, 9.17) is 5.73 Å². The second kappa shape index (κ2) is 2.86. The van der Waals surface area contributed by atoms with Gasteiger partial charge in [0.2, 0.25) is 0 Å². The normalized spacial score (nSPS) is 27.2. The highest BCUT2D eigenvalue weighted by atomic mass is 79.9.